The molecule has 0 aliphatic heterocycles. The molecule has 0 bridgehead atoms. The molecule has 0 aliphatic carbocycles. The summed E-state index contributed by atoms with van der Waals surface area (Å²) in [6.07, 6.45) is 1.53. The van der Waals surface area contributed by atoms with E-state index >= 15 is 0 Å². The molecule has 0 saturated carbocycles. The van der Waals surface area contributed by atoms with Gasteiger partial charge in [-0.15, -0.1) is 0 Å². The SMILES string of the molecule is CCc1cccc(CC)c1NC(=O)C(=O)N(C)CCC(C)O. The minimum atomic E-state index is -0.635. The summed E-state index contributed by atoms with van der Waals surface area (Å²) >= 11 is 0. The van der Waals surface area contributed by atoms with Gasteiger partial charge in [0.2, 0.25) is 0 Å². The van der Waals surface area contributed by atoms with Crippen LogP contribution in [0.3, 0.4) is 0 Å². The molecule has 2 N–H and O–H groups in total. The van der Waals surface area contributed by atoms with Crippen LogP contribution >= 0.6 is 0 Å². The molecule has 0 aliphatic rings. The minimum Gasteiger partial charge on any atom is -0.393 e. The van der Waals surface area contributed by atoms with Crippen molar-refractivity contribution >= 4 is 17.5 Å². The summed E-state index contributed by atoms with van der Waals surface area (Å²) < 4.78 is 0. The average molecular weight is 306 g/mol. The minimum absolute atomic E-state index is 0.347. The number of hydrogen-bond donors (Lipinski definition) is 2. The number of nitrogens with one attached hydrogen (secondary N) is 1. The average Bonchev–Trinajstić information content (AvgIpc) is 2.51. The maximum Gasteiger partial charge on any atom is 0.313 e. The lowest BCUT2D eigenvalue weighted by atomic mass is 10.0. The third kappa shape index (κ3) is 4.84. The monoisotopic (exact) mass is 306 g/mol. The molecule has 1 aromatic carbocycles. The summed E-state index contributed by atoms with van der Waals surface area (Å²) in [4.78, 5) is 25.6. The van der Waals surface area contributed by atoms with Crippen LogP contribution in [0.2, 0.25) is 0 Å². The Morgan fingerprint density at radius 1 is 1.23 bits per heavy atom. The first-order chi connectivity index (χ1) is 10.4. The van der Waals surface area contributed by atoms with Crippen molar-refractivity contribution < 1.29 is 14.7 Å². The molecule has 0 radical (unpaired) electrons. The molecule has 0 saturated heterocycles. The molecule has 5 heteroatoms. The van der Waals surface area contributed by atoms with Crippen LogP contribution in [-0.2, 0) is 22.4 Å². The summed E-state index contributed by atoms with van der Waals surface area (Å²) in [5.41, 5.74) is 2.79. The zero-order chi connectivity index (χ0) is 16.7. The highest BCUT2D eigenvalue weighted by atomic mass is 16.3. The van der Waals surface area contributed by atoms with Gasteiger partial charge < -0.3 is 15.3 Å². The van der Waals surface area contributed by atoms with Gasteiger partial charge >= 0.3 is 11.8 Å². The Hall–Kier alpha value is -1.88. The highest BCUT2D eigenvalue weighted by molar-refractivity contribution is 6.39. The fraction of sp³-hybridized carbons (Fsp3) is 0.529. The predicted octanol–water partition coefficient (Wildman–Crippen LogP) is 1.98. The number of hydrogen-bond acceptors (Lipinski definition) is 3. The molecule has 122 valence electrons. The Morgan fingerprint density at radius 3 is 2.23 bits per heavy atom. The van der Waals surface area contributed by atoms with E-state index in [1.54, 1.807) is 14.0 Å². The summed E-state index contributed by atoms with van der Waals surface area (Å²) in [5, 5.41) is 12.0. The molecule has 0 fully saturated rings. The quantitative estimate of drug-likeness (QED) is 0.790. The molecule has 0 spiro atoms. The number of nitrogens with zero attached hydrogens (tertiary/aromatic N) is 1. The Kier molecular flexibility index (Phi) is 7.05. The predicted molar refractivity (Wildman–Crippen MR) is 87.8 cm³/mol. The highest BCUT2D eigenvalue weighted by Gasteiger charge is 2.20. The van der Waals surface area contributed by atoms with Crippen molar-refractivity contribution in [2.75, 3.05) is 18.9 Å². The number of anilines is 1. The number of carbonyl (C=O) groups excluding carboxylic acids is 2. The standard InChI is InChI=1S/C17H26N2O3/c1-5-13-8-7-9-14(6-2)15(13)18-16(21)17(22)19(4)11-10-12(3)20/h7-9,12,20H,5-6,10-11H2,1-4H3,(H,18,21). The van der Waals surface area contributed by atoms with E-state index < -0.39 is 17.9 Å². The van der Waals surface area contributed by atoms with E-state index in [9.17, 15) is 14.7 Å². The number of para-hydroxylation sites is 1. The number of benzene rings is 1. The van der Waals surface area contributed by atoms with Crippen LogP contribution in [0.1, 0.15) is 38.3 Å². The smallest absolute Gasteiger partial charge is 0.313 e. The normalized spacial score (nSPS) is 11.9. The second-order valence-electron chi connectivity index (χ2n) is 5.48. The molecule has 5 nitrogen and oxygen atoms in total. The lowest BCUT2D eigenvalue weighted by molar-refractivity contribution is -0.142. The van der Waals surface area contributed by atoms with Crippen LogP contribution in [-0.4, -0.2) is 41.5 Å². The first-order valence-corrected chi connectivity index (χ1v) is 7.75. The molecule has 0 aromatic heterocycles. The molecule has 22 heavy (non-hydrogen) atoms. The maximum atomic E-state index is 12.2. The van der Waals surface area contributed by atoms with Crippen LogP contribution in [0.5, 0.6) is 0 Å². The second kappa shape index (κ2) is 8.54. The van der Waals surface area contributed by atoms with Crippen molar-refractivity contribution in [2.24, 2.45) is 0 Å². The van der Waals surface area contributed by atoms with Gasteiger partial charge in [0.25, 0.3) is 0 Å². The molecule has 0 heterocycles. The van der Waals surface area contributed by atoms with Gasteiger partial charge in [-0.3, -0.25) is 9.59 Å². The number of amides is 2. The fourth-order valence-corrected chi connectivity index (χ4v) is 2.23. The van der Waals surface area contributed by atoms with E-state index in [2.05, 4.69) is 5.32 Å². The van der Waals surface area contributed by atoms with Crippen LogP contribution in [0.25, 0.3) is 0 Å². The van der Waals surface area contributed by atoms with Gasteiger partial charge in [-0.05, 0) is 37.3 Å². The van der Waals surface area contributed by atoms with E-state index in [0.717, 1.165) is 29.7 Å². The highest BCUT2D eigenvalue weighted by Crippen LogP contribution is 2.22. The topological polar surface area (TPSA) is 69.6 Å². The van der Waals surface area contributed by atoms with Gasteiger partial charge in [0.15, 0.2) is 0 Å². The molecule has 1 aromatic rings. The number of aryl methyl sites for hydroxylation is 2. The number of aliphatic hydroxyl groups excluding tert-OH is 1. The summed E-state index contributed by atoms with van der Waals surface area (Å²) in [6, 6.07) is 5.87. The lowest BCUT2D eigenvalue weighted by Gasteiger charge is -2.19. The molecular weight excluding hydrogens is 280 g/mol. The molecule has 1 unspecified atom stereocenters. The van der Waals surface area contributed by atoms with Crippen LogP contribution < -0.4 is 5.32 Å². The molecule has 2 amide bonds. The zero-order valence-electron chi connectivity index (χ0n) is 13.8. The molecular formula is C17H26N2O3. The third-order valence-electron chi connectivity index (χ3n) is 3.66. The van der Waals surface area contributed by atoms with Crippen molar-refractivity contribution in [3.63, 3.8) is 0 Å². The first kappa shape index (κ1) is 18.2. The van der Waals surface area contributed by atoms with Crippen LogP contribution in [0.15, 0.2) is 18.2 Å². The van der Waals surface area contributed by atoms with Crippen molar-refractivity contribution in [3.8, 4) is 0 Å². The van der Waals surface area contributed by atoms with Gasteiger partial charge in [0, 0.05) is 19.3 Å². The van der Waals surface area contributed by atoms with Gasteiger partial charge in [-0.2, -0.15) is 0 Å². The van der Waals surface area contributed by atoms with E-state index in [4.69, 9.17) is 0 Å². The number of carbonyl (C=O) groups is 2. The summed E-state index contributed by atoms with van der Waals surface area (Å²) in [5.74, 6) is -1.22. The van der Waals surface area contributed by atoms with Crippen molar-refractivity contribution in [2.45, 2.75) is 46.1 Å². The summed E-state index contributed by atoms with van der Waals surface area (Å²) in [7, 11) is 1.57. The Morgan fingerprint density at radius 2 is 1.77 bits per heavy atom. The first-order valence-electron chi connectivity index (χ1n) is 7.75. The van der Waals surface area contributed by atoms with E-state index in [1.807, 2.05) is 32.0 Å². The van der Waals surface area contributed by atoms with Gasteiger partial charge in [0.1, 0.15) is 0 Å². The van der Waals surface area contributed by atoms with Crippen molar-refractivity contribution in [1.82, 2.24) is 4.90 Å². The fourth-order valence-electron chi connectivity index (χ4n) is 2.23. The lowest BCUT2D eigenvalue weighted by Crippen LogP contribution is -2.38. The van der Waals surface area contributed by atoms with Crippen LogP contribution in [0.4, 0.5) is 5.69 Å². The van der Waals surface area contributed by atoms with E-state index in [0.29, 0.717) is 13.0 Å². The number of aliphatic hydroxyl groups is 1. The van der Waals surface area contributed by atoms with Gasteiger partial charge in [-0.25, -0.2) is 0 Å². The number of rotatable bonds is 6. The maximum absolute atomic E-state index is 12.2. The Bertz CT molecular complexity index is 504. The largest absolute Gasteiger partial charge is 0.393 e. The zero-order valence-corrected chi connectivity index (χ0v) is 13.8. The molecule has 1 rings (SSSR count). The van der Waals surface area contributed by atoms with Crippen molar-refractivity contribution in [1.29, 1.82) is 0 Å². The van der Waals surface area contributed by atoms with Crippen LogP contribution in [0, 0.1) is 0 Å². The second-order valence-corrected chi connectivity index (χ2v) is 5.48. The van der Waals surface area contributed by atoms with Crippen molar-refractivity contribution in [3.05, 3.63) is 29.3 Å². The number of likely N-dealkylation sites (N-methyl/N-ethyl adjacent to an activating group) is 1. The van der Waals surface area contributed by atoms with E-state index in [-0.39, 0.29) is 0 Å². The Labute approximate surface area is 132 Å². The molecule has 1 atom stereocenters. The summed E-state index contributed by atoms with van der Waals surface area (Å²) in [6.45, 7) is 6.03. The Balaban J connectivity index is 2.82. The van der Waals surface area contributed by atoms with Gasteiger partial charge in [0.05, 0.1) is 6.10 Å². The van der Waals surface area contributed by atoms with E-state index in [1.165, 1.54) is 4.90 Å². The van der Waals surface area contributed by atoms with Gasteiger partial charge in [-0.1, -0.05) is 32.0 Å². The third-order valence-corrected chi connectivity index (χ3v) is 3.66.